The summed E-state index contributed by atoms with van der Waals surface area (Å²) >= 11 is 0. The van der Waals surface area contributed by atoms with E-state index in [1.54, 1.807) is 0 Å². The van der Waals surface area contributed by atoms with Crippen LogP contribution in [0.25, 0.3) is 10.8 Å². The van der Waals surface area contributed by atoms with Gasteiger partial charge in [-0.3, -0.25) is 9.59 Å². The van der Waals surface area contributed by atoms with E-state index >= 15 is 0 Å². The van der Waals surface area contributed by atoms with Gasteiger partial charge in [0.05, 0.1) is 12.5 Å². The molecule has 3 aromatic carbocycles. The van der Waals surface area contributed by atoms with Crippen LogP contribution < -0.4 is 5.32 Å². The number of amides is 2. The van der Waals surface area contributed by atoms with E-state index in [9.17, 15) is 9.59 Å². The molecule has 2 amide bonds. The number of nitrogens with one attached hydrogen (secondary N) is 1. The van der Waals surface area contributed by atoms with Gasteiger partial charge >= 0.3 is 0 Å². The Morgan fingerprint density at radius 2 is 1.67 bits per heavy atom. The Balaban J connectivity index is 1.37. The molecule has 0 unspecified atom stereocenters. The standard InChI is InChI=1S/C25H23N3O2/c26-15-12-18-8-10-21(11-9-18)27-24(29)20-13-16-28(17-14-20)25(30)23-7-3-5-19-4-1-2-6-22(19)23/h1-11,20H,12-14,16-17H2,(H,27,29). The van der Waals surface area contributed by atoms with Crippen molar-refractivity contribution in [3.8, 4) is 6.07 Å². The van der Waals surface area contributed by atoms with Crippen LogP contribution in [-0.2, 0) is 11.2 Å². The molecule has 1 aliphatic heterocycles. The molecule has 0 saturated carbocycles. The quantitative estimate of drug-likeness (QED) is 0.709. The smallest absolute Gasteiger partial charge is 0.254 e. The number of likely N-dealkylation sites (tertiary alicyclic amines) is 1. The van der Waals surface area contributed by atoms with Gasteiger partial charge in [-0.2, -0.15) is 5.26 Å². The summed E-state index contributed by atoms with van der Waals surface area (Å²) in [5.74, 6) is -0.0978. The predicted octanol–water partition coefficient (Wildman–Crippen LogP) is 4.40. The van der Waals surface area contributed by atoms with Crippen molar-refractivity contribution in [3.05, 3.63) is 77.9 Å². The fourth-order valence-electron chi connectivity index (χ4n) is 3.97. The zero-order valence-corrected chi connectivity index (χ0v) is 16.7. The summed E-state index contributed by atoms with van der Waals surface area (Å²) in [4.78, 5) is 27.6. The minimum atomic E-state index is -0.111. The third-order valence-corrected chi connectivity index (χ3v) is 5.68. The second-order valence-corrected chi connectivity index (χ2v) is 7.61. The van der Waals surface area contributed by atoms with Gasteiger partial charge in [0.25, 0.3) is 5.91 Å². The van der Waals surface area contributed by atoms with Crippen LogP contribution in [0.2, 0.25) is 0 Å². The molecule has 0 spiro atoms. The van der Waals surface area contributed by atoms with E-state index in [4.69, 9.17) is 5.26 Å². The molecule has 0 atom stereocenters. The predicted molar refractivity (Wildman–Crippen MR) is 117 cm³/mol. The summed E-state index contributed by atoms with van der Waals surface area (Å²) in [6.45, 7) is 1.14. The topological polar surface area (TPSA) is 73.2 Å². The van der Waals surface area contributed by atoms with Gasteiger partial charge in [-0.25, -0.2) is 0 Å². The van der Waals surface area contributed by atoms with Crippen molar-refractivity contribution in [1.29, 1.82) is 5.26 Å². The number of rotatable bonds is 4. The van der Waals surface area contributed by atoms with Crippen LogP contribution in [0.3, 0.4) is 0 Å². The van der Waals surface area contributed by atoms with E-state index in [0.717, 1.165) is 22.0 Å². The number of carbonyl (C=O) groups is 2. The largest absolute Gasteiger partial charge is 0.339 e. The van der Waals surface area contributed by atoms with Crippen molar-refractivity contribution in [2.24, 2.45) is 5.92 Å². The summed E-state index contributed by atoms with van der Waals surface area (Å²) in [6, 6.07) is 23.2. The van der Waals surface area contributed by atoms with Crippen LogP contribution in [0, 0.1) is 17.2 Å². The lowest BCUT2D eigenvalue weighted by molar-refractivity contribution is -0.121. The van der Waals surface area contributed by atoms with Crippen LogP contribution in [0.15, 0.2) is 66.7 Å². The highest BCUT2D eigenvalue weighted by atomic mass is 16.2. The molecule has 1 N–H and O–H groups in total. The molecule has 0 radical (unpaired) electrons. The summed E-state index contributed by atoms with van der Waals surface area (Å²) in [5.41, 5.74) is 2.38. The molecule has 1 aliphatic rings. The lowest BCUT2D eigenvalue weighted by atomic mass is 9.94. The number of anilines is 1. The van der Waals surface area contributed by atoms with Crippen molar-refractivity contribution in [2.45, 2.75) is 19.3 Å². The fraction of sp³-hybridized carbons (Fsp3) is 0.240. The van der Waals surface area contributed by atoms with Gasteiger partial charge in [0.15, 0.2) is 0 Å². The van der Waals surface area contributed by atoms with E-state index in [1.807, 2.05) is 71.6 Å². The van der Waals surface area contributed by atoms with E-state index in [0.29, 0.717) is 37.9 Å². The highest BCUT2D eigenvalue weighted by Gasteiger charge is 2.28. The molecule has 150 valence electrons. The summed E-state index contributed by atoms with van der Waals surface area (Å²) < 4.78 is 0. The van der Waals surface area contributed by atoms with Crippen LogP contribution in [-0.4, -0.2) is 29.8 Å². The van der Waals surface area contributed by atoms with Gasteiger partial charge in [-0.1, -0.05) is 48.5 Å². The summed E-state index contributed by atoms with van der Waals surface area (Å²) in [7, 11) is 0. The second kappa shape index (κ2) is 8.79. The maximum Gasteiger partial charge on any atom is 0.254 e. The zero-order chi connectivity index (χ0) is 20.9. The van der Waals surface area contributed by atoms with E-state index in [-0.39, 0.29) is 17.7 Å². The Labute approximate surface area is 175 Å². The molecule has 0 aromatic heterocycles. The molecular formula is C25H23N3O2. The van der Waals surface area contributed by atoms with E-state index in [2.05, 4.69) is 11.4 Å². The first-order valence-corrected chi connectivity index (χ1v) is 10.2. The van der Waals surface area contributed by atoms with Crippen molar-refractivity contribution < 1.29 is 9.59 Å². The maximum atomic E-state index is 13.1. The van der Waals surface area contributed by atoms with Gasteiger partial charge in [0.1, 0.15) is 0 Å². The highest BCUT2D eigenvalue weighted by molar-refractivity contribution is 6.07. The Morgan fingerprint density at radius 3 is 2.40 bits per heavy atom. The average molecular weight is 397 g/mol. The molecule has 0 bridgehead atoms. The fourth-order valence-corrected chi connectivity index (χ4v) is 3.97. The van der Waals surface area contributed by atoms with Gasteiger partial charge in [0.2, 0.25) is 5.91 Å². The average Bonchev–Trinajstić information content (AvgIpc) is 2.80. The molecule has 1 fully saturated rings. The van der Waals surface area contributed by atoms with E-state index < -0.39 is 0 Å². The molecule has 1 saturated heterocycles. The molecule has 4 rings (SSSR count). The van der Waals surface area contributed by atoms with Gasteiger partial charge in [-0.15, -0.1) is 0 Å². The summed E-state index contributed by atoms with van der Waals surface area (Å²) in [6.07, 6.45) is 1.65. The molecule has 1 heterocycles. The number of hydrogen-bond donors (Lipinski definition) is 1. The van der Waals surface area contributed by atoms with Gasteiger partial charge < -0.3 is 10.2 Å². The minimum Gasteiger partial charge on any atom is -0.339 e. The Bertz CT molecular complexity index is 1100. The van der Waals surface area contributed by atoms with E-state index in [1.165, 1.54) is 0 Å². The lowest BCUT2D eigenvalue weighted by Gasteiger charge is -2.31. The number of hydrogen-bond acceptors (Lipinski definition) is 3. The first-order valence-electron chi connectivity index (χ1n) is 10.2. The molecule has 5 heteroatoms. The normalized spacial score (nSPS) is 14.3. The first kappa shape index (κ1) is 19.7. The number of benzene rings is 3. The van der Waals surface area contributed by atoms with Gasteiger partial charge in [-0.05, 0) is 47.4 Å². The molecule has 5 nitrogen and oxygen atoms in total. The zero-order valence-electron chi connectivity index (χ0n) is 16.7. The highest BCUT2D eigenvalue weighted by Crippen LogP contribution is 2.24. The van der Waals surface area contributed by atoms with Crippen molar-refractivity contribution in [2.75, 3.05) is 18.4 Å². The van der Waals surface area contributed by atoms with Crippen LogP contribution in [0.1, 0.15) is 28.8 Å². The maximum absolute atomic E-state index is 13.1. The number of nitriles is 1. The third kappa shape index (κ3) is 4.18. The van der Waals surface area contributed by atoms with Crippen molar-refractivity contribution >= 4 is 28.3 Å². The van der Waals surface area contributed by atoms with Gasteiger partial charge in [0, 0.05) is 30.3 Å². The molecule has 30 heavy (non-hydrogen) atoms. The molecule has 0 aliphatic carbocycles. The van der Waals surface area contributed by atoms with Crippen LogP contribution in [0.4, 0.5) is 5.69 Å². The minimum absolute atomic E-state index is 0.0136. The number of nitrogens with zero attached hydrogens (tertiary/aromatic N) is 2. The third-order valence-electron chi connectivity index (χ3n) is 5.68. The molecular weight excluding hydrogens is 374 g/mol. The Hall–Kier alpha value is -3.65. The SMILES string of the molecule is N#CCc1ccc(NC(=O)C2CCN(C(=O)c3cccc4ccccc34)CC2)cc1. The van der Waals surface area contributed by atoms with Crippen molar-refractivity contribution in [3.63, 3.8) is 0 Å². The van der Waals surface area contributed by atoms with Crippen LogP contribution in [0.5, 0.6) is 0 Å². The lowest BCUT2D eigenvalue weighted by Crippen LogP contribution is -2.41. The monoisotopic (exact) mass is 397 g/mol. The first-order chi connectivity index (χ1) is 14.7. The van der Waals surface area contributed by atoms with Crippen molar-refractivity contribution in [1.82, 2.24) is 4.90 Å². The second-order valence-electron chi connectivity index (χ2n) is 7.61. The Morgan fingerprint density at radius 1 is 0.967 bits per heavy atom. The summed E-state index contributed by atoms with van der Waals surface area (Å²) in [5, 5.41) is 13.7. The number of fused-ring (bicyclic) bond motifs is 1. The Kier molecular flexibility index (Phi) is 5.76. The number of piperidine rings is 1. The molecule has 3 aromatic rings. The van der Waals surface area contributed by atoms with Crippen LogP contribution >= 0.6 is 0 Å². The number of carbonyl (C=O) groups excluding carboxylic acids is 2.